The van der Waals surface area contributed by atoms with E-state index in [1.54, 1.807) is 12.1 Å². The molecule has 7 nitrogen and oxygen atoms in total. The topological polar surface area (TPSA) is 86.1 Å². The van der Waals surface area contributed by atoms with Gasteiger partial charge < -0.3 is 14.4 Å². The summed E-state index contributed by atoms with van der Waals surface area (Å²) in [7, 11) is -2.71. The number of rotatable bonds is 7. The van der Waals surface area contributed by atoms with Crippen molar-refractivity contribution in [2.45, 2.75) is 10.9 Å². The number of morpholine rings is 1. The van der Waals surface area contributed by atoms with Crippen molar-refractivity contribution in [1.82, 2.24) is 4.72 Å². The van der Waals surface area contributed by atoms with Gasteiger partial charge in [0, 0.05) is 0 Å². The van der Waals surface area contributed by atoms with E-state index in [2.05, 4.69) is 4.72 Å². The molecule has 8 heteroatoms. The van der Waals surface area contributed by atoms with E-state index < -0.39 is 22.0 Å². The number of methoxy groups -OCH3 is 1. The molecule has 1 aliphatic rings. The summed E-state index contributed by atoms with van der Waals surface area (Å²) in [5.41, 5.74) is 0.892. The quantitative estimate of drug-likeness (QED) is 0.652. The third kappa shape index (κ3) is 4.96. The summed E-state index contributed by atoms with van der Waals surface area (Å²) in [5, 5.41) is 0. The highest BCUT2D eigenvalue weighted by molar-refractivity contribution is 7.89. The Morgan fingerprint density at radius 1 is 1.11 bits per heavy atom. The van der Waals surface area contributed by atoms with Gasteiger partial charge in [0.05, 0.1) is 43.4 Å². The van der Waals surface area contributed by atoms with Crippen LogP contribution in [-0.4, -0.2) is 54.3 Å². The lowest BCUT2D eigenvalue weighted by atomic mass is 10.1. The second-order valence-corrected chi connectivity index (χ2v) is 8.32. The van der Waals surface area contributed by atoms with Crippen molar-refractivity contribution in [2.75, 3.05) is 40.0 Å². The molecule has 1 fully saturated rings. The van der Waals surface area contributed by atoms with E-state index in [9.17, 15) is 13.2 Å². The second kappa shape index (κ2) is 9.29. The maximum Gasteiger partial charge on any atom is 0.339 e. The minimum absolute atomic E-state index is 0.0167. The predicted octanol–water partition coefficient (Wildman–Crippen LogP) is 0.408. The molecule has 3 rings (SSSR count). The Hall–Kier alpha value is -2.26. The van der Waals surface area contributed by atoms with Crippen LogP contribution >= 0.6 is 0 Å². The Balaban J connectivity index is 1.90. The summed E-state index contributed by atoms with van der Waals surface area (Å²) < 4.78 is 39.2. The monoisotopic (exact) mass is 405 g/mol. The molecule has 28 heavy (non-hydrogen) atoms. The first-order chi connectivity index (χ1) is 13.5. The molecule has 1 heterocycles. The summed E-state index contributed by atoms with van der Waals surface area (Å²) in [6.45, 7) is 3.56. The first-order valence-electron chi connectivity index (χ1n) is 9.17. The third-order valence-electron chi connectivity index (χ3n) is 4.77. The molecule has 0 aliphatic carbocycles. The molecule has 0 aromatic heterocycles. The van der Waals surface area contributed by atoms with Gasteiger partial charge in [0.1, 0.15) is 13.1 Å². The summed E-state index contributed by atoms with van der Waals surface area (Å²) in [5.74, 6) is -0.684. The Bertz CT molecular complexity index is 896. The molecular weight excluding hydrogens is 380 g/mol. The van der Waals surface area contributed by atoms with Crippen LogP contribution in [0.25, 0.3) is 0 Å². The summed E-state index contributed by atoms with van der Waals surface area (Å²) in [4.78, 5) is 13.2. The van der Waals surface area contributed by atoms with Crippen LogP contribution < -0.4 is 9.62 Å². The Morgan fingerprint density at radius 2 is 1.75 bits per heavy atom. The summed E-state index contributed by atoms with van der Waals surface area (Å²) >= 11 is 0. The highest BCUT2D eigenvalue weighted by atomic mass is 32.2. The van der Waals surface area contributed by atoms with Crippen molar-refractivity contribution in [2.24, 2.45) is 0 Å². The van der Waals surface area contributed by atoms with Gasteiger partial charge in [-0.15, -0.1) is 0 Å². The average molecular weight is 405 g/mol. The molecule has 0 saturated carbocycles. The summed E-state index contributed by atoms with van der Waals surface area (Å²) in [6, 6.07) is 15.1. The molecule has 0 radical (unpaired) electrons. The molecule has 1 atom stereocenters. The van der Waals surface area contributed by atoms with Gasteiger partial charge in [-0.25, -0.2) is 13.2 Å². The Labute approximate surface area is 165 Å². The maximum atomic E-state index is 13.1. The lowest BCUT2D eigenvalue weighted by Crippen LogP contribution is -3.14. The van der Waals surface area contributed by atoms with Crippen LogP contribution in [0.15, 0.2) is 59.5 Å². The van der Waals surface area contributed by atoms with E-state index in [4.69, 9.17) is 9.47 Å². The number of sulfonamides is 1. The SMILES string of the molecule is COC(=O)c1ccccc1S(=O)(=O)N[C@H](C[NH+]1CCOCC1)c1ccccc1. The second-order valence-electron chi connectivity index (χ2n) is 6.64. The first-order valence-corrected chi connectivity index (χ1v) is 10.7. The van der Waals surface area contributed by atoms with Crippen LogP contribution in [-0.2, 0) is 19.5 Å². The van der Waals surface area contributed by atoms with E-state index in [0.717, 1.165) is 18.7 Å². The highest BCUT2D eigenvalue weighted by Gasteiger charge is 2.29. The molecule has 2 aromatic rings. The zero-order chi connectivity index (χ0) is 20.0. The zero-order valence-electron chi connectivity index (χ0n) is 15.8. The van der Waals surface area contributed by atoms with E-state index in [-0.39, 0.29) is 10.5 Å². The molecule has 0 amide bonds. The van der Waals surface area contributed by atoms with Crippen molar-refractivity contribution in [3.63, 3.8) is 0 Å². The normalized spacial score (nSPS) is 16.5. The van der Waals surface area contributed by atoms with Crippen LogP contribution in [0.3, 0.4) is 0 Å². The van der Waals surface area contributed by atoms with Gasteiger partial charge in [0.2, 0.25) is 10.0 Å². The lowest BCUT2D eigenvalue weighted by molar-refractivity contribution is -0.909. The predicted molar refractivity (Wildman–Crippen MR) is 104 cm³/mol. The molecule has 1 saturated heterocycles. The molecular formula is C20H25N2O5S+. The average Bonchev–Trinajstić information content (AvgIpc) is 2.74. The fourth-order valence-electron chi connectivity index (χ4n) is 3.30. The molecule has 1 aliphatic heterocycles. The number of hydrogen-bond donors (Lipinski definition) is 2. The smallest absolute Gasteiger partial charge is 0.339 e. The zero-order valence-corrected chi connectivity index (χ0v) is 16.6. The van der Waals surface area contributed by atoms with Crippen molar-refractivity contribution < 1.29 is 27.6 Å². The van der Waals surface area contributed by atoms with Crippen LogP contribution in [0, 0.1) is 0 Å². The van der Waals surface area contributed by atoms with Crippen LogP contribution in [0.5, 0.6) is 0 Å². The van der Waals surface area contributed by atoms with E-state index in [1.807, 2.05) is 30.3 Å². The van der Waals surface area contributed by atoms with Crippen molar-refractivity contribution >= 4 is 16.0 Å². The number of carbonyl (C=O) groups excluding carboxylic acids is 1. The number of ether oxygens (including phenoxy) is 2. The fourth-order valence-corrected chi connectivity index (χ4v) is 4.72. The lowest BCUT2D eigenvalue weighted by Gasteiger charge is -2.28. The molecule has 2 N–H and O–H groups in total. The number of quaternary nitrogens is 1. The van der Waals surface area contributed by atoms with Gasteiger partial charge in [0.15, 0.2) is 0 Å². The van der Waals surface area contributed by atoms with E-state index in [1.165, 1.54) is 24.1 Å². The number of carbonyl (C=O) groups is 1. The van der Waals surface area contributed by atoms with Crippen molar-refractivity contribution in [3.05, 3.63) is 65.7 Å². The molecule has 2 aromatic carbocycles. The molecule has 0 bridgehead atoms. The highest BCUT2D eigenvalue weighted by Crippen LogP contribution is 2.20. The van der Waals surface area contributed by atoms with Crippen LogP contribution in [0.2, 0.25) is 0 Å². The van der Waals surface area contributed by atoms with E-state index in [0.29, 0.717) is 19.8 Å². The first kappa shape index (κ1) is 20.5. The Kier molecular flexibility index (Phi) is 6.79. The van der Waals surface area contributed by atoms with Crippen molar-refractivity contribution in [3.8, 4) is 0 Å². The Morgan fingerprint density at radius 3 is 2.43 bits per heavy atom. The largest absolute Gasteiger partial charge is 0.465 e. The van der Waals surface area contributed by atoms with Crippen LogP contribution in [0.1, 0.15) is 22.0 Å². The minimum atomic E-state index is -3.94. The number of nitrogens with one attached hydrogen (secondary N) is 2. The molecule has 0 unspecified atom stereocenters. The summed E-state index contributed by atoms with van der Waals surface area (Å²) in [6.07, 6.45) is 0. The number of benzene rings is 2. The van der Waals surface area contributed by atoms with Crippen LogP contribution in [0.4, 0.5) is 0 Å². The third-order valence-corrected chi connectivity index (χ3v) is 6.30. The van der Waals surface area contributed by atoms with Gasteiger partial charge in [-0.1, -0.05) is 42.5 Å². The maximum absolute atomic E-state index is 13.1. The van der Waals surface area contributed by atoms with Gasteiger partial charge in [-0.3, -0.25) is 0 Å². The number of hydrogen-bond acceptors (Lipinski definition) is 5. The molecule has 0 spiro atoms. The van der Waals surface area contributed by atoms with Gasteiger partial charge in [-0.05, 0) is 17.7 Å². The van der Waals surface area contributed by atoms with Gasteiger partial charge in [-0.2, -0.15) is 4.72 Å². The fraction of sp³-hybridized carbons (Fsp3) is 0.350. The van der Waals surface area contributed by atoms with Gasteiger partial charge >= 0.3 is 5.97 Å². The molecule has 150 valence electrons. The van der Waals surface area contributed by atoms with Crippen molar-refractivity contribution in [1.29, 1.82) is 0 Å². The number of esters is 1. The standard InChI is InChI=1S/C20H24N2O5S/c1-26-20(23)17-9-5-6-10-19(17)28(24,25)21-18(16-7-3-2-4-8-16)15-22-11-13-27-14-12-22/h2-10,18,21H,11-15H2,1H3/p+1/t18-/m1/s1. The van der Waals surface area contributed by atoms with Gasteiger partial charge in [0.25, 0.3) is 0 Å². The van der Waals surface area contributed by atoms with E-state index >= 15 is 0 Å². The minimum Gasteiger partial charge on any atom is -0.465 e.